The Balaban J connectivity index is 1.61. The van der Waals surface area contributed by atoms with Gasteiger partial charge in [-0.25, -0.2) is 9.97 Å². The van der Waals surface area contributed by atoms with Gasteiger partial charge in [0, 0.05) is 18.1 Å². The van der Waals surface area contributed by atoms with E-state index in [0.717, 1.165) is 17.0 Å². The van der Waals surface area contributed by atoms with Crippen molar-refractivity contribution in [3.05, 3.63) is 71.9 Å². The van der Waals surface area contributed by atoms with Gasteiger partial charge >= 0.3 is 0 Å². The highest BCUT2D eigenvalue weighted by Gasteiger charge is 2.08. The molecule has 0 fully saturated rings. The third kappa shape index (κ3) is 3.94. The molecule has 0 radical (unpaired) electrons. The molecule has 2 N–H and O–H groups in total. The third-order valence-corrected chi connectivity index (χ3v) is 3.19. The zero-order valence-corrected chi connectivity index (χ0v) is 12.6. The zero-order chi connectivity index (χ0) is 16.1. The van der Waals surface area contributed by atoms with Crippen LogP contribution in [0.3, 0.4) is 0 Å². The number of aryl methyl sites for hydroxylation is 1. The van der Waals surface area contributed by atoms with Gasteiger partial charge in [-0.2, -0.15) is 0 Å². The summed E-state index contributed by atoms with van der Waals surface area (Å²) in [6.07, 6.45) is 4.59. The molecular weight excluding hydrogens is 292 g/mol. The Labute approximate surface area is 133 Å². The third-order valence-electron chi connectivity index (χ3n) is 3.19. The molecule has 1 amide bonds. The number of hydrogen-bond acceptors (Lipinski definition) is 5. The lowest BCUT2D eigenvalue weighted by Gasteiger charge is -2.06. The van der Waals surface area contributed by atoms with Gasteiger partial charge in [0.25, 0.3) is 5.91 Å². The van der Waals surface area contributed by atoms with Crippen LogP contribution in [0, 0.1) is 6.92 Å². The fraction of sp³-hybridized carbons (Fsp3) is 0.118. The minimum Gasteiger partial charge on any atom is -0.467 e. The van der Waals surface area contributed by atoms with Crippen molar-refractivity contribution in [2.45, 2.75) is 13.5 Å². The molecule has 23 heavy (non-hydrogen) atoms. The van der Waals surface area contributed by atoms with Gasteiger partial charge in [0.15, 0.2) is 0 Å². The molecule has 0 spiro atoms. The minimum absolute atomic E-state index is 0.242. The first-order valence-electron chi connectivity index (χ1n) is 7.17. The fourth-order valence-corrected chi connectivity index (χ4v) is 2.04. The van der Waals surface area contributed by atoms with E-state index in [4.69, 9.17) is 4.42 Å². The van der Waals surface area contributed by atoms with Gasteiger partial charge in [-0.15, -0.1) is 0 Å². The smallest absolute Gasteiger partial charge is 0.258 e. The first-order chi connectivity index (χ1) is 11.2. The van der Waals surface area contributed by atoms with E-state index < -0.39 is 0 Å². The van der Waals surface area contributed by atoms with E-state index >= 15 is 0 Å². The minimum atomic E-state index is -0.242. The number of aromatic nitrogens is 2. The average Bonchev–Trinajstić information content (AvgIpc) is 3.07. The summed E-state index contributed by atoms with van der Waals surface area (Å²) >= 11 is 0. The molecule has 3 rings (SSSR count). The van der Waals surface area contributed by atoms with Crippen LogP contribution in [0.15, 0.2) is 59.5 Å². The van der Waals surface area contributed by atoms with E-state index in [-0.39, 0.29) is 5.91 Å². The van der Waals surface area contributed by atoms with Gasteiger partial charge < -0.3 is 15.1 Å². The molecule has 0 aliphatic heterocycles. The van der Waals surface area contributed by atoms with Crippen molar-refractivity contribution >= 4 is 17.5 Å². The summed E-state index contributed by atoms with van der Waals surface area (Å²) in [6, 6.07) is 11.3. The van der Waals surface area contributed by atoms with E-state index in [1.165, 1.54) is 12.4 Å². The Morgan fingerprint density at radius 2 is 2.00 bits per heavy atom. The second-order valence-corrected chi connectivity index (χ2v) is 5.05. The quantitative estimate of drug-likeness (QED) is 0.756. The first kappa shape index (κ1) is 14.8. The van der Waals surface area contributed by atoms with Crippen LogP contribution < -0.4 is 10.6 Å². The molecule has 116 valence electrons. The standard InChI is InChI=1S/C17H16N4O2/c1-12-4-2-5-14(8-12)21-16(22)13-9-18-17(19-10-13)20-11-15-6-3-7-23-15/h2-10H,11H2,1H3,(H,21,22)(H,18,19,20). The maximum Gasteiger partial charge on any atom is 0.258 e. The van der Waals surface area contributed by atoms with Crippen molar-refractivity contribution in [1.29, 1.82) is 0 Å². The van der Waals surface area contributed by atoms with Crippen LogP contribution in [0.25, 0.3) is 0 Å². The van der Waals surface area contributed by atoms with E-state index in [9.17, 15) is 4.79 Å². The van der Waals surface area contributed by atoms with Crippen LogP contribution in [0.2, 0.25) is 0 Å². The monoisotopic (exact) mass is 308 g/mol. The Morgan fingerprint density at radius 1 is 1.17 bits per heavy atom. The molecular formula is C17H16N4O2. The number of rotatable bonds is 5. The number of hydrogen-bond donors (Lipinski definition) is 2. The number of benzene rings is 1. The lowest BCUT2D eigenvalue weighted by atomic mass is 10.2. The maximum absolute atomic E-state index is 12.2. The molecule has 0 saturated heterocycles. The summed E-state index contributed by atoms with van der Waals surface area (Å²) in [5, 5.41) is 5.84. The Hall–Kier alpha value is -3.15. The fourth-order valence-electron chi connectivity index (χ4n) is 2.04. The number of nitrogens with one attached hydrogen (secondary N) is 2. The predicted molar refractivity (Wildman–Crippen MR) is 87.2 cm³/mol. The predicted octanol–water partition coefficient (Wildman–Crippen LogP) is 3.24. The molecule has 3 aromatic rings. The highest BCUT2D eigenvalue weighted by Crippen LogP contribution is 2.11. The highest BCUT2D eigenvalue weighted by molar-refractivity contribution is 6.03. The summed E-state index contributed by atoms with van der Waals surface area (Å²) in [4.78, 5) is 20.4. The van der Waals surface area contributed by atoms with Crippen molar-refractivity contribution < 1.29 is 9.21 Å². The van der Waals surface area contributed by atoms with Crippen LogP contribution in [-0.2, 0) is 6.54 Å². The number of carbonyl (C=O) groups excluding carboxylic acids is 1. The van der Waals surface area contributed by atoms with Gasteiger partial charge in [0.2, 0.25) is 5.95 Å². The van der Waals surface area contributed by atoms with Gasteiger partial charge in [-0.1, -0.05) is 12.1 Å². The molecule has 2 heterocycles. The van der Waals surface area contributed by atoms with Crippen molar-refractivity contribution in [3.63, 3.8) is 0 Å². The molecule has 2 aromatic heterocycles. The highest BCUT2D eigenvalue weighted by atomic mass is 16.3. The molecule has 0 saturated carbocycles. The lowest BCUT2D eigenvalue weighted by molar-refractivity contribution is 0.102. The number of anilines is 2. The maximum atomic E-state index is 12.2. The van der Waals surface area contributed by atoms with E-state index in [2.05, 4.69) is 20.6 Å². The lowest BCUT2D eigenvalue weighted by Crippen LogP contribution is -2.13. The van der Waals surface area contributed by atoms with Crippen molar-refractivity contribution in [3.8, 4) is 0 Å². The van der Waals surface area contributed by atoms with Crippen LogP contribution in [-0.4, -0.2) is 15.9 Å². The second kappa shape index (κ2) is 6.74. The summed E-state index contributed by atoms with van der Waals surface area (Å²) in [5.41, 5.74) is 2.22. The molecule has 0 atom stereocenters. The first-order valence-corrected chi connectivity index (χ1v) is 7.17. The second-order valence-electron chi connectivity index (χ2n) is 5.05. The largest absolute Gasteiger partial charge is 0.467 e. The summed E-state index contributed by atoms with van der Waals surface area (Å²) < 4.78 is 5.21. The molecule has 0 unspecified atom stereocenters. The summed E-state index contributed by atoms with van der Waals surface area (Å²) in [6.45, 7) is 2.46. The van der Waals surface area contributed by atoms with Crippen LogP contribution in [0.1, 0.15) is 21.7 Å². The molecule has 0 aliphatic carbocycles. The molecule has 0 bridgehead atoms. The summed E-state index contributed by atoms with van der Waals surface area (Å²) in [7, 11) is 0. The van der Waals surface area contributed by atoms with E-state index in [0.29, 0.717) is 18.1 Å². The number of carbonyl (C=O) groups is 1. The Morgan fingerprint density at radius 3 is 2.70 bits per heavy atom. The van der Waals surface area contributed by atoms with E-state index in [1.54, 1.807) is 6.26 Å². The normalized spacial score (nSPS) is 10.3. The number of furan rings is 1. The summed E-state index contributed by atoms with van der Waals surface area (Å²) in [5.74, 6) is 0.983. The molecule has 6 nitrogen and oxygen atoms in total. The van der Waals surface area contributed by atoms with E-state index in [1.807, 2.05) is 43.3 Å². The Bertz CT molecular complexity index is 783. The number of nitrogens with zero attached hydrogens (tertiary/aromatic N) is 2. The Kier molecular flexibility index (Phi) is 4.33. The van der Waals surface area contributed by atoms with Gasteiger partial charge in [0.1, 0.15) is 5.76 Å². The van der Waals surface area contributed by atoms with Crippen molar-refractivity contribution in [2.75, 3.05) is 10.6 Å². The molecule has 0 aliphatic rings. The van der Waals surface area contributed by atoms with Crippen molar-refractivity contribution in [1.82, 2.24) is 9.97 Å². The van der Waals surface area contributed by atoms with Crippen molar-refractivity contribution in [2.24, 2.45) is 0 Å². The topological polar surface area (TPSA) is 80.0 Å². The number of amides is 1. The molecule has 6 heteroatoms. The molecule has 1 aromatic carbocycles. The van der Waals surface area contributed by atoms with Gasteiger partial charge in [-0.3, -0.25) is 4.79 Å². The van der Waals surface area contributed by atoms with Gasteiger partial charge in [-0.05, 0) is 36.8 Å². The van der Waals surface area contributed by atoms with Crippen LogP contribution in [0.5, 0.6) is 0 Å². The van der Waals surface area contributed by atoms with Gasteiger partial charge in [0.05, 0.1) is 18.4 Å². The van der Waals surface area contributed by atoms with Crippen LogP contribution >= 0.6 is 0 Å². The van der Waals surface area contributed by atoms with Crippen LogP contribution in [0.4, 0.5) is 11.6 Å². The zero-order valence-electron chi connectivity index (χ0n) is 12.6. The SMILES string of the molecule is Cc1cccc(NC(=O)c2cnc(NCc3ccco3)nc2)c1. The average molecular weight is 308 g/mol.